The summed E-state index contributed by atoms with van der Waals surface area (Å²) in [5, 5.41) is 8.57. The molecule has 2 bridgehead atoms. The van der Waals surface area contributed by atoms with Gasteiger partial charge in [0.15, 0.2) is 0 Å². The lowest BCUT2D eigenvalue weighted by Crippen LogP contribution is -2.38. The highest BCUT2D eigenvalue weighted by Crippen LogP contribution is 2.66. The SMILES string of the molecule is C=C(C)C(=O)OC1CC2CCC1(C)C2(C)C.C=C(C=C(C)C(=O)O)C(=O)OCCCC. The quantitative estimate of drug-likeness (QED) is 0.243. The summed E-state index contributed by atoms with van der Waals surface area (Å²) in [4.78, 5) is 33.3. The molecule has 1 N–H and O–H groups in total. The van der Waals surface area contributed by atoms with Gasteiger partial charge in [0.2, 0.25) is 0 Å². The minimum atomic E-state index is -1.07. The van der Waals surface area contributed by atoms with Crippen molar-refractivity contribution in [2.24, 2.45) is 16.7 Å². The van der Waals surface area contributed by atoms with Crippen molar-refractivity contribution in [1.82, 2.24) is 0 Å². The van der Waals surface area contributed by atoms with Crippen LogP contribution in [-0.4, -0.2) is 35.7 Å². The molecule has 2 aliphatic rings. The van der Waals surface area contributed by atoms with Gasteiger partial charge < -0.3 is 14.6 Å². The van der Waals surface area contributed by atoms with Crippen molar-refractivity contribution in [2.75, 3.05) is 6.61 Å². The molecule has 0 heterocycles. The fourth-order valence-corrected chi connectivity index (χ4v) is 4.32. The molecule has 0 spiro atoms. The van der Waals surface area contributed by atoms with E-state index in [0.29, 0.717) is 23.5 Å². The first kappa shape index (κ1) is 26.7. The molecule has 0 aliphatic heterocycles. The lowest BCUT2D eigenvalue weighted by atomic mass is 9.70. The maximum Gasteiger partial charge on any atom is 0.337 e. The van der Waals surface area contributed by atoms with Gasteiger partial charge in [-0.05, 0) is 56.9 Å². The molecular weight excluding hydrogens is 396 g/mol. The minimum absolute atomic E-state index is 0.0611. The summed E-state index contributed by atoms with van der Waals surface area (Å²) in [6, 6.07) is 0. The molecule has 6 heteroatoms. The Morgan fingerprint density at radius 1 is 1.13 bits per heavy atom. The molecule has 6 nitrogen and oxygen atoms in total. The van der Waals surface area contributed by atoms with E-state index in [4.69, 9.17) is 14.6 Å². The highest BCUT2D eigenvalue weighted by atomic mass is 16.5. The first-order chi connectivity index (χ1) is 14.3. The van der Waals surface area contributed by atoms with Gasteiger partial charge in [-0.3, -0.25) is 0 Å². The van der Waals surface area contributed by atoms with Gasteiger partial charge in [-0.15, -0.1) is 0 Å². The lowest BCUT2D eigenvalue weighted by Gasteiger charge is -2.38. The van der Waals surface area contributed by atoms with Crippen molar-refractivity contribution in [3.05, 3.63) is 36.0 Å². The van der Waals surface area contributed by atoms with E-state index in [-0.39, 0.29) is 28.6 Å². The van der Waals surface area contributed by atoms with Crippen LogP contribution in [0.2, 0.25) is 0 Å². The summed E-state index contributed by atoms with van der Waals surface area (Å²) in [6.45, 7) is 19.4. The van der Waals surface area contributed by atoms with Crippen LogP contribution in [0.1, 0.15) is 73.6 Å². The average Bonchev–Trinajstić information content (AvgIpc) is 3.01. The Labute approximate surface area is 186 Å². The zero-order valence-electron chi connectivity index (χ0n) is 19.9. The number of fused-ring (bicyclic) bond motifs is 2. The molecule has 2 fully saturated rings. The van der Waals surface area contributed by atoms with Crippen LogP contribution in [0.4, 0.5) is 0 Å². The largest absolute Gasteiger partial charge is 0.478 e. The Morgan fingerprint density at radius 3 is 2.16 bits per heavy atom. The van der Waals surface area contributed by atoms with Crippen LogP contribution >= 0.6 is 0 Å². The van der Waals surface area contributed by atoms with Gasteiger partial charge >= 0.3 is 17.9 Å². The molecule has 2 aliphatic carbocycles. The van der Waals surface area contributed by atoms with E-state index in [1.165, 1.54) is 25.8 Å². The molecule has 2 saturated carbocycles. The van der Waals surface area contributed by atoms with Gasteiger partial charge in [0.1, 0.15) is 6.10 Å². The molecule has 0 aromatic rings. The Balaban J connectivity index is 0.000000311. The highest BCUT2D eigenvalue weighted by molar-refractivity contribution is 5.94. The average molecular weight is 435 g/mol. The van der Waals surface area contributed by atoms with Crippen LogP contribution in [0.25, 0.3) is 0 Å². The standard InChI is InChI=1S/C14H22O2.C11H16O4/c1-9(2)12(15)16-11-8-10-6-7-14(11,5)13(10,3)4;1-4-5-6-15-11(14)9(3)7-8(2)10(12)13/h10-11H,1,6-8H2,2-5H3;7H,3-6H2,1-2H3,(H,12,13). The maximum atomic E-state index is 11.6. The van der Waals surface area contributed by atoms with Crippen LogP contribution in [-0.2, 0) is 23.9 Å². The predicted octanol–water partition coefficient (Wildman–Crippen LogP) is 5.24. The second-order valence-electron chi connectivity index (χ2n) is 9.43. The second-order valence-corrected chi connectivity index (χ2v) is 9.43. The van der Waals surface area contributed by atoms with E-state index in [0.717, 1.165) is 19.3 Å². The smallest absolute Gasteiger partial charge is 0.337 e. The molecule has 174 valence electrons. The van der Waals surface area contributed by atoms with Gasteiger partial charge in [-0.1, -0.05) is 47.3 Å². The number of aliphatic carboxylic acids is 1. The van der Waals surface area contributed by atoms with Crippen LogP contribution in [0.15, 0.2) is 36.0 Å². The van der Waals surface area contributed by atoms with E-state index in [1.807, 2.05) is 6.92 Å². The van der Waals surface area contributed by atoms with Crippen LogP contribution in [0.3, 0.4) is 0 Å². The van der Waals surface area contributed by atoms with Crippen molar-refractivity contribution >= 4 is 17.9 Å². The summed E-state index contributed by atoms with van der Waals surface area (Å²) in [5.41, 5.74) is 1.08. The van der Waals surface area contributed by atoms with E-state index in [2.05, 4.69) is 33.9 Å². The number of rotatable bonds is 8. The number of carbonyl (C=O) groups excluding carboxylic acids is 2. The summed E-state index contributed by atoms with van der Waals surface area (Å²) in [7, 11) is 0. The number of carbonyl (C=O) groups is 3. The van der Waals surface area contributed by atoms with E-state index < -0.39 is 11.9 Å². The Bertz CT molecular complexity index is 760. The minimum Gasteiger partial charge on any atom is -0.478 e. The Morgan fingerprint density at radius 2 is 1.74 bits per heavy atom. The first-order valence-corrected chi connectivity index (χ1v) is 10.9. The number of esters is 2. The third-order valence-corrected chi connectivity index (χ3v) is 7.03. The summed E-state index contributed by atoms with van der Waals surface area (Å²) in [5.74, 6) is -1.16. The van der Waals surface area contributed by atoms with Crippen molar-refractivity contribution in [3.63, 3.8) is 0 Å². The predicted molar refractivity (Wildman–Crippen MR) is 120 cm³/mol. The monoisotopic (exact) mass is 434 g/mol. The molecule has 0 saturated heterocycles. The Hall–Kier alpha value is -2.37. The molecule has 0 radical (unpaired) electrons. The summed E-state index contributed by atoms with van der Waals surface area (Å²) in [6.07, 6.45) is 6.51. The first-order valence-electron chi connectivity index (χ1n) is 10.9. The lowest BCUT2D eigenvalue weighted by molar-refractivity contribution is -0.152. The van der Waals surface area contributed by atoms with Gasteiger partial charge in [0.25, 0.3) is 0 Å². The van der Waals surface area contributed by atoms with Gasteiger partial charge in [0.05, 0.1) is 12.2 Å². The number of hydrogen-bond acceptors (Lipinski definition) is 5. The number of carboxylic acid groups (broad SMARTS) is 1. The summed E-state index contributed by atoms with van der Waals surface area (Å²) >= 11 is 0. The molecule has 0 aromatic carbocycles. The molecular formula is C25H38O6. The number of unbranched alkanes of at least 4 members (excludes halogenated alkanes) is 1. The molecule has 3 atom stereocenters. The van der Waals surface area contributed by atoms with Crippen LogP contribution < -0.4 is 0 Å². The van der Waals surface area contributed by atoms with E-state index in [1.54, 1.807) is 6.92 Å². The molecule has 3 unspecified atom stereocenters. The second kappa shape index (κ2) is 10.8. The highest BCUT2D eigenvalue weighted by Gasteiger charge is 2.62. The van der Waals surface area contributed by atoms with Crippen LogP contribution in [0, 0.1) is 16.7 Å². The third-order valence-electron chi connectivity index (χ3n) is 7.03. The van der Waals surface area contributed by atoms with Crippen molar-refractivity contribution in [2.45, 2.75) is 79.8 Å². The van der Waals surface area contributed by atoms with Gasteiger partial charge in [-0.2, -0.15) is 0 Å². The molecule has 31 heavy (non-hydrogen) atoms. The molecule has 2 rings (SSSR count). The molecule has 0 amide bonds. The van der Waals surface area contributed by atoms with Gasteiger partial charge in [0, 0.05) is 16.6 Å². The van der Waals surface area contributed by atoms with Crippen LogP contribution in [0.5, 0.6) is 0 Å². The Kier molecular flexibility index (Phi) is 9.27. The molecule has 0 aromatic heterocycles. The number of ether oxygens (including phenoxy) is 2. The number of carboxylic acids is 1. The fraction of sp³-hybridized carbons (Fsp3) is 0.640. The summed E-state index contributed by atoms with van der Waals surface area (Å²) < 4.78 is 10.5. The fourth-order valence-electron chi connectivity index (χ4n) is 4.32. The number of hydrogen-bond donors (Lipinski definition) is 1. The van der Waals surface area contributed by atoms with E-state index in [9.17, 15) is 14.4 Å². The third kappa shape index (κ3) is 6.31. The van der Waals surface area contributed by atoms with Crippen molar-refractivity contribution in [1.29, 1.82) is 0 Å². The zero-order chi connectivity index (χ0) is 24.0. The van der Waals surface area contributed by atoms with Gasteiger partial charge in [-0.25, -0.2) is 14.4 Å². The maximum absolute atomic E-state index is 11.6. The van der Waals surface area contributed by atoms with Crippen molar-refractivity contribution < 1.29 is 29.0 Å². The van der Waals surface area contributed by atoms with E-state index >= 15 is 0 Å². The van der Waals surface area contributed by atoms with Crippen molar-refractivity contribution in [3.8, 4) is 0 Å². The zero-order valence-corrected chi connectivity index (χ0v) is 19.9. The topological polar surface area (TPSA) is 89.9 Å². The normalized spacial score (nSPS) is 25.8.